The van der Waals surface area contributed by atoms with Crippen LogP contribution in [0.25, 0.3) is 0 Å². The van der Waals surface area contributed by atoms with Crippen molar-refractivity contribution in [2.75, 3.05) is 0 Å². The average molecular weight is 355 g/mol. The summed E-state index contributed by atoms with van der Waals surface area (Å²) in [5, 5.41) is 13.3. The highest BCUT2D eigenvalue weighted by molar-refractivity contribution is 5.26. The van der Waals surface area contributed by atoms with Crippen molar-refractivity contribution in [2.24, 2.45) is 45.8 Å². The van der Waals surface area contributed by atoms with Crippen molar-refractivity contribution in [1.82, 2.24) is 0 Å². The van der Waals surface area contributed by atoms with E-state index in [4.69, 9.17) is 0 Å². The van der Waals surface area contributed by atoms with Gasteiger partial charge in [-0.3, -0.25) is 0 Å². The van der Waals surface area contributed by atoms with E-state index in [0.29, 0.717) is 16.2 Å². The summed E-state index contributed by atoms with van der Waals surface area (Å²) in [6.45, 7) is 0. The summed E-state index contributed by atoms with van der Waals surface area (Å²) in [5.41, 5.74) is 0.658. The minimum absolute atomic E-state index is 0.306. The van der Waals surface area contributed by atoms with E-state index in [1.54, 1.807) is 0 Å². The van der Waals surface area contributed by atoms with Gasteiger partial charge in [0.1, 0.15) is 0 Å². The molecule has 8 rings (SSSR count). The Morgan fingerprint density at radius 2 is 0.846 bits per heavy atom. The number of hydrogen-bond acceptors (Lipinski definition) is 1. The first kappa shape index (κ1) is 15.8. The quantitative estimate of drug-likeness (QED) is 0.650. The zero-order valence-electron chi connectivity index (χ0n) is 16.6. The second-order valence-corrected chi connectivity index (χ2v) is 12.8. The zero-order valence-corrected chi connectivity index (χ0v) is 16.6. The smallest absolute Gasteiger partial charge is 0.0815 e. The third-order valence-corrected chi connectivity index (χ3v) is 11.8. The molecule has 0 atom stereocenters. The van der Waals surface area contributed by atoms with Crippen molar-refractivity contribution in [3.63, 3.8) is 0 Å². The van der Waals surface area contributed by atoms with Crippen molar-refractivity contribution in [1.29, 1.82) is 0 Å². The van der Waals surface area contributed by atoms with Crippen molar-refractivity contribution in [3.05, 3.63) is 0 Å². The second kappa shape index (κ2) is 4.74. The van der Waals surface area contributed by atoms with Crippen molar-refractivity contribution < 1.29 is 5.11 Å². The molecule has 8 aliphatic carbocycles. The van der Waals surface area contributed by atoms with Gasteiger partial charge in [0.25, 0.3) is 0 Å². The molecule has 144 valence electrons. The van der Waals surface area contributed by atoms with E-state index in [0.717, 1.165) is 29.6 Å². The molecule has 0 aliphatic heterocycles. The lowest BCUT2D eigenvalue weighted by Crippen LogP contribution is -2.70. The Morgan fingerprint density at radius 3 is 1.15 bits per heavy atom. The monoisotopic (exact) mass is 354 g/mol. The fourth-order valence-electron chi connectivity index (χ4n) is 11.6. The molecule has 0 unspecified atom stereocenters. The minimum atomic E-state index is -0.306. The molecular weight excluding hydrogens is 316 g/mol. The molecule has 0 saturated heterocycles. The van der Waals surface area contributed by atoms with E-state index in [2.05, 4.69) is 0 Å². The van der Waals surface area contributed by atoms with Crippen LogP contribution in [0.5, 0.6) is 0 Å². The van der Waals surface area contributed by atoms with E-state index < -0.39 is 0 Å². The van der Waals surface area contributed by atoms with Gasteiger partial charge in [-0.1, -0.05) is 0 Å². The fourth-order valence-corrected chi connectivity index (χ4v) is 11.6. The van der Waals surface area contributed by atoms with Gasteiger partial charge in [0, 0.05) is 16.2 Å². The first-order valence-electron chi connectivity index (χ1n) is 12.3. The summed E-state index contributed by atoms with van der Waals surface area (Å²) in [4.78, 5) is 0. The van der Waals surface area contributed by atoms with Crippen molar-refractivity contribution in [2.45, 2.75) is 108 Å². The SMILES string of the molecule is OC(C12CCC(CC1)C2)(C12CCC(CC1)C2)C12CC3CC(CC(C3)C1)C2. The van der Waals surface area contributed by atoms with Crippen LogP contribution in [0.2, 0.25) is 0 Å². The molecule has 1 N–H and O–H groups in total. The molecule has 26 heavy (non-hydrogen) atoms. The van der Waals surface area contributed by atoms with E-state index in [-0.39, 0.29) is 5.60 Å². The van der Waals surface area contributed by atoms with Crippen LogP contribution in [0.1, 0.15) is 103 Å². The Labute approximate surface area is 159 Å². The van der Waals surface area contributed by atoms with Crippen LogP contribution >= 0.6 is 0 Å². The highest BCUT2D eigenvalue weighted by atomic mass is 16.3. The van der Waals surface area contributed by atoms with Gasteiger partial charge in [-0.25, -0.2) is 0 Å². The molecule has 0 aromatic carbocycles. The number of hydrogen-bond donors (Lipinski definition) is 1. The van der Waals surface area contributed by atoms with Gasteiger partial charge in [0.05, 0.1) is 5.60 Å². The lowest BCUT2D eigenvalue weighted by molar-refractivity contribution is -0.285. The van der Waals surface area contributed by atoms with Gasteiger partial charge in [0.2, 0.25) is 0 Å². The van der Waals surface area contributed by atoms with Gasteiger partial charge in [-0.05, 0) is 132 Å². The normalized spacial score (nSPS) is 61.5. The molecule has 0 radical (unpaired) electrons. The van der Waals surface area contributed by atoms with Gasteiger partial charge in [-0.15, -0.1) is 0 Å². The summed E-state index contributed by atoms with van der Waals surface area (Å²) in [5.74, 6) is 4.84. The molecule has 8 fully saturated rings. The van der Waals surface area contributed by atoms with E-state index in [1.807, 2.05) is 0 Å². The van der Waals surface area contributed by atoms with Crippen LogP contribution in [0.3, 0.4) is 0 Å². The van der Waals surface area contributed by atoms with Crippen LogP contribution in [0.15, 0.2) is 0 Å². The minimum Gasteiger partial charge on any atom is -0.388 e. The number of aliphatic hydroxyl groups is 1. The van der Waals surface area contributed by atoms with E-state index >= 15 is 0 Å². The molecule has 0 aromatic heterocycles. The second-order valence-electron chi connectivity index (χ2n) is 12.8. The molecule has 0 spiro atoms. The Kier molecular flexibility index (Phi) is 2.89. The molecule has 0 amide bonds. The lowest BCUT2D eigenvalue weighted by Gasteiger charge is -2.70. The van der Waals surface area contributed by atoms with Gasteiger partial charge in [-0.2, -0.15) is 0 Å². The van der Waals surface area contributed by atoms with E-state index in [1.165, 1.54) is 103 Å². The zero-order chi connectivity index (χ0) is 17.2. The predicted molar refractivity (Wildman–Crippen MR) is 104 cm³/mol. The topological polar surface area (TPSA) is 20.2 Å². The standard InChI is InChI=1S/C25H38O/c26-25(22-5-1-17(12-22)2-6-22,23-7-3-18(13-23)4-8-23)24-14-19-9-20(15-24)11-21(10-19)16-24/h17-21,26H,1-16H2. The largest absolute Gasteiger partial charge is 0.388 e. The van der Waals surface area contributed by atoms with Crippen LogP contribution < -0.4 is 0 Å². The third kappa shape index (κ3) is 1.63. The first-order chi connectivity index (χ1) is 12.6. The maximum Gasteiger partial charge on any atom is 0.0815 e. The Hall–Kier alpha value is -0.0400. The molecule has 8 bridgehead atoms. The maximum atomic E-state index is 13.3. The van der Waals surface area contributed by atoms with Crippen LogP contribution in [0.4, 0.5) is 0 Å². The molecular formula is C25H38O. The van der Waals surface area contributed by atoms with Gasteiger partial charge < -0.3 is 5.11 Å². The molecule has 8 aliphatic rings. The fraction of sp³-hybridized carbons (Fsp3) is 1.00. The van der Waals surface area contributed by atoms with Crippen molar-refractivity contribution in [3.8, 4) is 0 Å². The van der Waals surface area contributed by atoms with E-state index in [9.17, 15) is 5.11 Å². The highest BCUT2D eigenvalue weighted by Crippen LogP contribution is 2.79. The summed E-state index contributed by atoms with van der Waals surface area (Å²) < 4.78 is 0. The molecule has 0 aromatic rings. The molecule has 8 saturated carbocycles. The van der Waals surface area contributed by atoms with Gasteiger partial charge >= 0.3 is 0 Å². The van der Waals surface area contributed by atoms with Crippen LogP contribution in [-0.4, -0.2) is 10.7 Å². The third-order valence-electron chi connectivity index (χ3n) is 11.8. The lowest BCUT2D eigenvalue weighted by atomic mass is 9.37. The molecule has 1 nitrogen and oxygen atoms in total. The van der Waals surface area contributed by atoms with Crippen molar-refractivity contribution >= 4 is 0 Å². The van der Waals surface area contributed by atoms with Gasteiger partial charge in [0.15, 0.2) is 0 Å². The average Bonchev–Trinajstić information content (AvgIpc) is 3.40. The van der Waals surface area contributed by atoms with Crippen LogP contribution in [-0.2, 0) is 0 Å². The maximum absolute atomic E-state index is 13.3. The molecule has 1 heteroatoms. The number of fused-ring (bicyclic) bond motifs is 4. The Bertz CT molecular complexity index is 551. The summed E-state index contributed by atoms with van der Waals surface area (Å²) in [6.07, 6.45) is 22.8. The summed E-state index contributed by atoms with van der Waals surface area (Å²) in [7, 11) is 0. The van der Waals surface area contributed by atoms with Crippen LogP contribution in [0, 0.1) is 45.8 Å². The Balaban J connectivity index is 1.42. The highest BCUT2D eigenvalue weighted by Gasteiger charge is 2.76. The molecule has 0 heterocycles. The Morgan fingerprint density at radius 1 is 0.500 bits per heavy atom. The first-order valence-corrected chi connectivity index (χ1v) is 12.3. The predicted octanol–water partition coefficient (Wildman–Crippen LogP) is 6.09. The number of rotatable bonds is 3. The summed E-state index contributed by atoms with van der Waals surface area (Å²) >= 11 is 0. The summed E-state index contributed by atoms with van der Waals surface area (Å²) in [6, 6.07) is 0.